The van der Waals surface area contributed by atoms with E-state index >= 15 is 0 Å². The first-order valence-corrected chi connectivity index (χ1v) is 5.77. The number of aliphatic hydroxyl groups is 1. The van der Waals surface area contributed by atoms with Crippen molar-refractivity contribution in [2.75, 3.05) is 13.2 Å². The topological polar surface area (TPSA) is 29.5 Å². The lowest BCUT2D eigenvalue weighted by atomic mass is 10.3. The van der Waals surface area contributed by atoms with Crippen molar-refractivity contribution in [2.45, 2.75) is 20.0 Å². The fourth-order valence-electron chi connectivity index (χ4n) is 0.957. The minimum absolute atomic E-state index is 0.378. The summed E-state index contributed by atoms with van der Waals surface area (Å²) >= 11 is 5.01. The normalized spacial score (nSPS) is 13.2. The second-order valence-corrected chi connectivity index (χ2v) is 4.87. The Balaban J connectivity index is 2.60. The molecule has 0 amide bonds. The number of hydrogen-bond acceptors (Lipinski definition) is 3. The number of ether oxygens (including phenoxy) is 1. The van der Waals surface area contributed by atoms with Gasteiger partial charge in [-0.2, -0.15) is 0 Å². The van der Waals surface area contributed by atoms with Gasteiger partial charge in [0.25, 0.3) is 0 Å². The van der Waals surface area contributed by atoms with Gasteiger partial charge < -0.3 is 9.84 Å². The van der Waals surface area contributed by atoms with Gasteiger partial charge >= 0.3 is 0 Å². The molecular weight excluding hydrogens is 252 g/mol. The van der Waals surface area contributed by atoms with Gasteiger partial charge in [-0.3, -0.25) is 0 Å². The summed E-state index contributed by atoms with van der Waals surface area (Å²) < 4.78 is 6.20. The Morgan fingerprint density at radius 3 is 2.85 bits per heavy atom. The SMILES string of the molecule is CCOCC(O)c1cc(Br)c(C)s1. The van der Waals surface area contributed by atoms with Crippen molar-refractivity contribution >= 4 is 27.3 Å². The Hall–Kier alpha value is 0.1000. The number of aryl methyl sites for hydroxylation is 1. The van der Waals surface area contributed by atoms with Gasteiger partial charge in [0.05, 0.1) is 6.61 Å². The molecule has 0 radical (unpaired) electrons. The van der Waals surface area contributed by atoms with Crippen molar-refractivity contribution in [3.05, 3.63) is 20.3 Å². The average Bonchev–Trinajstić information content (AvgIpc) is 2.43. The first-order valence-electron chi connectivity index (χ1n) is 4.16. The molecule has 0 spiro atoms. The second-order valence-electron chi connectivity index (χ2n) is 2.73. The molecule has 0 aromatic carbocycles. The number of aliphatic hydroxyl groups excluding tert-OH is 1. The van der Waals surface area contributed by atoms with Crippen molar-refractivity contribution in [3.63, 3.8) is 0 Å². The highest BCUT2D eigenvalue weighted by Crippen LogP contribution is 2.30. The minimum atomic E-state index is -0.491. The molecule has 4 heteroatoms. The molecule has 1 rings (SSSR count). The van der Waals surface area contributed by atoms with Crippen LogP contribution in [0.4, 0.5) is 0 Å². The molecule has 0 saturated heterocycles. The third kappa shape index (κ3) is 3.06. The molecule has 0 aliphatic rings. The van der Waals surface area contributed by atoms with Crippen molar-refractivity contribution < 1.29 is 9.84 Å². The summed E-state index contributed by atoms with van der Waals surface area (Å²) in [5, 5.41) is 9.65. The van der Waals surface area contributed by atoms with E-state index in [1.165, 1.54) is 4.88 Å². The highest BCUT2D eigenvalue weighted by atomic mass is 79.9. The van der Waals surface area contributed by atoms with E-state index in [0.29, 0.717) is 13.2 Å². The second kappa shape index (κ2) is 5.10. The van der Waals surface area contributed by atoms with Gasteiger partial charge in [-0.15, -0.1) is 11.3 Å². The van der Waals surface area contributed by atoms with Crippen LogP contribution in [0.25, 0.3) is 0 Å². The Morgan fingerprint density at radius 1 is 1.69 bits per heavy atom. The molecule has 1 unspecified atom stereocenters. The zero-order chi connectivity index (χ0) is 9.84. The van der Waals surface area contributed by atoms with Crippen molar-refractivity contribution in [1.82, 2.24) is 0 Å². The molecule has 2 nitrogen and oxygen atoms in total. The summed E-state index contributed by atoms with van der Waals surface area (Å²) in [4.78, 5) is 2.14. The molecule has 1 N–H and O–H groups in total. The van der Waals surface area contributed by atoms with Gasteiger partial charge in [0, 0.05) is 20.8 Å². The molecule has 0 fully saturated rings. The Morgan fingerprint density at radius 2 is 2.38 bits per heavy atom. The van der Waals surface area contributed by atoms with E-state index < -0.39 is 6.10 Å². The molecule has 1 aromatic rings. The van der Waals surface area contributed by atoms with Crippen molar-refractivity contribution in [1.29, 1.82) is 0 Å². The highest BCUT2D eigenvalue weighted by molar-refractivity contribution is 9.10. The maximum atomic E-state index is 9.65. The average molecular weight is 265 g/mol. The van der Waals surface area contributed by atoms with E-state index in [9.17, 15) is 5.11 Å². The van der Waals surface area contributed by atoms with Crippen LogP contribution < -0.4 is 0 Å². The molecule has 74 valence electrons. The Kier molecular flexibility index (Phi) is 4.38. The largest absolute Gasteiger partial charge is 0.385 e. The van der Waals surface area contributed by atoms with Crippen molar-refractivity contribution in [2.24, 2.45) is 0 Å². The maximum absolute atomic E-state index is 9.65. The zero-order valence-electron chi connectivity index (χ0n) is 7.71. The molecular formula is C9H13BrO2S. The maximum Gasteiger partial charge on any atom is 0.111 e. The highest BCUT2D eigenvalue weighted by Gasteiger charge is 2.11. The summed E-state index contributed by atoms with van der Waals surface area (Å²) in [6.07, 6.45) is -0.491. The quantitative estimate of drug-likeness (QED) is 0.907. The van der Waals surface area contributed by atoms with E-state index in [4.69, 9.17) is 4.74 Å². The fraction of sp³-hybridized carbons (Fsp3) is 0.556. The predicted octanol–water partition coefficient (Wildman–Crippen LogP) is 2.89. The standard InChI is InChI=1S/C9H13BrO2S/c1-3-12-5-8(11)9-4-7(10)6(2)13-9/h4,8,11H,3,5H2,1-2H3. The predicted molar refractivity (Wildman–Crippen MR) is 58.2 cm³/mol. The van der Waals surface area contributed by atoms with Gasteiger partial charge in [0.1, 0.15) is 6.10 Å². The van der Waals surface area contributed by atoms with E-state index in [1.54, 1.807) is 11.3 Å². The number of thiophene rings is 1. The number of halogens is 1. The molecule has 0 aliphatic heterocycles. The third-order valence-corrected chi connectivity index (χ3v) is 3.92. The summed E-state index contributed by atoms with van der Waals surface area (Å²) in [7, 11) is 0. The molecule has 0 saturated carbocycles. The molecule has 0 bridgehead atoms. The van der Waals surface area contributed by atoms with Crippen LogP contribution in [0.5, 0.6) is 0 Å². The van der Waals surface area contributed by atoms with Gasteiger partial charge in [0.2, 0.25) is 0 Å². The zero-order valence-corrected chi connectivity index (χ0v) is 10.1. The van der Waals surface area contributed by atoms with E-state index in [2.05, 4.69) is 15.9 Å². The Labute approximate surface area is 90.7 Å². The van der Waals surface area contributed by atoms with Crippen LogP contribution in [0.2, 0.25) is 0 Å². The lowest BCUT2D eigenvalue weighted by molar-refractivity contribution is 0.0439. The van der Waals surface area contributed by atoms with Crippen LogP contribution in [0.15, 0.2) is 10.5 Å². The first-order chi connectivity index (χ1) is 6.15. The summed E-state index contributed by atoms with van der Waals surface area (Å²) in [6.45, 7) is 4.96. The smallest absolute Gasteiger partial charge is 0.111 e. The third-order valence-electron chi connectivity index (χ3n) is 1.68. The first kappa shape index (κ1) is 11.2. The van der Waals surface area contributed by atoms with E-state index in [1.807, 2.05) is 19.9 Å². The van der Waals surface area contributed by atoms with Crippen LogP contribution in [0, 0.1) is 6.92 Å². The van der Waals surface area contributed by atoms with Crippen molar-refractivity contribution in [3.8, 4) is 0 Å². The van der Waals surface area contributed by atoms with Crippen LogP contribution in [-0.4, -0.2) is 18.3 Å². The van der Waals surface area contributed by atoms with Gasteiger partial charge in [-0.1, -0.05) is 0 Å². The fourth-order valence-corrected chi connectivity index (χ4v) is 2.49. The molecule has 13 heavy (non-hydrogen) atoms. The van der Waals surface area contributed by atoms with Gasteiger partial charge in [-0.25, -0.2) is 0 Å². The summed E-state index contributed by atoms with van der Waals surface area (Å²) in [6, 6.07) is 1.95. The van der Waals surface area contributed by atoms with Crippen LogP contribution in [0.3, 0.4) is 0 Å². The minimum Gasteiger partial charge on any atom is -0.385 e. The summed E-state index contributed by atoms with van der Waals surface area (Å²) in [5.41, 5.74) is 0. The number of rotatable bonds is 4. The van der Waals surface area contributed by atoms with E-state index in [0.717, 1.165) is 9.35 Å². The van der Waals surface area contributed by atoms with E-state index in [-0.39, 0.29) is 0 Å². The van der Waals surface area contributed by atoms with Gasteiger partial charge in [-0.05, 0) is 35.8 Å². The molecule has 1 atom stereocenters. The molecule has 0 aliphatic carbocycles. The van der Waals surface area contributed by atoms with Gasteiger partial charge in [0.15, 0.2) is 0 Å². The lowest BCUT2D eigenvalue weighted by Crippen LogP contribution is -2.04. The summed E-state index contributed by atoms with van der Waals surface area (Å²) in [5.74, 6) is 0. The Bertz CT molecular complexity index is 253. The van der Waals surface area contributed by atoms with Crippen LogP contribution in [0.1, 0.15) is 22.8 Å². The lowest BCUT2D eigenvalue weighted by Gasteiger charge is -2.07. The monoisotopic (exact) mass is 264 g/mol. The molecule has 1 aromatic heterocycles. The number of hydrogen-bond donors (Lipinski definition) is 1. The van der Waals surface area contributed by atoms with Crippen LogP contribution in [-0.2, 0) is 4.74 Å². The van der Waals surface area contributed by atoms with Crippen LogP contribution >= 0.6 is 27.3 Å². The molecule has 1 heterocycles.